The molecule has 1 saturated carbocycles. The molecule has 1 N–H and O–H groups in total. The predicted octanol–water partition coefficient (Wildman–Crippen LogP) is 4.72. The number of nitrogens with one attached hydrogen (secondary N) is 1. The zero-order valence-corrected chi connectivity index (χ0v) is 16.7. The Morgan fingerprint density at radius 3 is 2.97 bits per heavy atom. The van der Waals surface area contributed by atoms with E-state index < -0.39 is 0 Å². The maximum atomic E-state index is 12.5. The first kappa shape index (κ1) is 18.2. The van der Waals surface area contributed by atoms with E-state index in [4.69, 9.17) is 0 Å². The first-order chi connectivity index (χ1) is 14.3. The number of hydrogen-bond acceptors (Lipinski definition) is 3. The Bertz CT molecular complexity index is 1040. The van der Waals surface area contributed by atoms with E-state index in [9.17, 15) is 4.79 Å². The Labute approximate surface area is 171 Å². The summed E-state index contributed by atoms with van der Waals surface area (Å²) in [6, 6.07) is 16.6. The number of carbonyl (C=O) groups excluding carboxylic acids is 1. The molecule has 1 aliphatic heterocycles. The number of nitrogens with zero attached hydrogens (tertiary/aromatic N) is 2. The van der Waals surface area contributed by atoms with Crippen LogP contribution >= 0.6 is 0 Å². The number of amides is 1. The number of anilines is 1. The summed E-state index contributed by atoms with van der Waals surface area (Å²) in [4.78, 5) is 19.5. The largest absolute Gasteiger partial charge is 0.366 e. The highest BCUT2D eigenvalue weighted by atomic mass is 16.1. The highest BCUT2D eigenvalue weighted by Gasteiger charge is 2.21. The Hall–Kier alpha value is -2.88. The molecule has 1 fully saturated rings. The normalized spacial score (nSPS) is 15.9. The van der Waals surface area contributed by atoms with Crippen molar-refractivity contribution in [2.24, 2.45) is 5.92 Å². The molecule has 1 aliphatic carbocycles. The van der Waals surface area contributed by atoms with Crippen LogP contribution in [0.2, 0.25) is 0 Å². The second kappa shape index (κ2) is 7.86. The van der Waals surface area contributed by atoms with Gasteiger partial charge in [-0.05, 0) is 54.0 Å². The summed E-state index contributed by atoms with van der Waals surface area (Å²) in [5.74, 6) is 0.953. The first-order valence-corrected chi connectivity index (χ1v) is 10.8. The van der Waals surface area contributed by atoms with Gasteiger partial charge in [0.25, 0.3) is 5.91 Å². The third-order valence-corrected chi connectivity index (χ3v) is 6.20. The topological polar surface area (TPSA) is 45.2 Å². The molecule has 4 nitrogen and oxygen atoms in total. The van der Waals surface area contributed by atoms with E-state index >= 15 is 0 Å². The molecule has 4 heteroatoms. The molecule has 1 amide bonds. The smallest absolute Gasteiger partial charge is 0.251 e. The highest BCUT2D eigenvalue weighted by molar-refractivity contribution is 6.01. The van der Waals surface area contributed by atoms with Crippen molar-refractivity contribution in [2.75, 3.05) is 18.0 Å². The molecule has 2 heterocycles. The van der Waals surface area contributed by atoms with Crippen LogP contribution in [-0.2, 0) is 13.0 Å². The van der Waals surface area contributed by atoms with Crippen molar-refractivity contribution in [2.45, 2.75) is 38.6 Å². The lowest BCUT2D eigenvalue weighted by Crippen LogP contribution is -2.31. The summed E-state index contributed by atoms with van der Waals surface area (Å²) in [6.45, 7) is 2.62. The van der Waals surface area contributed by atoms with Gasteiger partial charge in [-0.3, -0.25) is 9.78 Å². The van der Waals surface area contributed by atoms with Crippen LogP contribution in [0.5, 0.6) is 0 Å². The lowest BCUT2D eigenvalue weighted by molar-refractivity contribution is 0.0953. The molecule has 2 aromatic carbocycles. The number of fused-ring (bicyclic) bond motifs is 2. The number of benzene rings is 2. The van der Waals surface area contributed by atoms with Gasteiger partial charge in [-0.2, -0.15) is 0 Å². The Morgan fingerprint density at radius 2 is 2.07 bits per heavy atom. The predicted molar refractivity (Wildman–Crippen MR) is 117 cm³/mol. The van der Waals surface area contributed by atoms with E-state index in [0.717, 1.165) is 49.3 Å². The molecule has 0 bridgehead atoms. The molecular weight excluding hydrogens is 358 g/mol. The van der Waals surface area contributed by atoms with Gasteiger partial charge >= 0.3 is 0 Å². The summed E-state index contributed by atoms with van der Waals surface area (Å²) in [7, 11) is 0. The summed E-state index contributed by atoms with van der Waals surface area (Å²) in [5.41, 5.74) is 4.49. The number of pyridine rings is 1. The lowest BCUT2D eigenvalue weighted by atomic mass is 10.0. The molecular formula is C25H27N3O. The fraction of sp³-hybridized carbons (Fsp3) is 0.360. The van der Waals surface area contributed by atoms with Crippen molar-refractivity contribution in [3.63, 3.8) is 0 Å². The number of hydrogen-bond donors (Lipinski definition) is 1. The summed E-state index contributed by atoms with van der Waals surface area (Å²) in [5, 5.41) is 5.39. The van der Waals surface area contributed by atoms with Crippen molar-refractivity contribution < 1.29 is 4.79 Å². The molecule has 0 spiro atoms. The van der Waals surface area contributed by atoms with E-state index in [1.54, 1.807) is 0 Å². The zero-order chi connectivity index (χ0) is 19.6. The zero-order valence-electron chi connectivity index (χ0n) is 16.7. The van der Waals surface area contributed by atoms with E-state index in [1.165, 1.54) is 41.6 Å². The van der Waals surface area contributed by atoms with Crippen molar-refractivity contribution in [3.8, 4) is 0 Å². The van der Waals surface area contributed by atoms with Gasteiger partial charge in [0.2, 0.25) is 0 Å². The van der Waals surface area contributed by atoms with Crippen LogP contribution in [0.3, 0.4) is 0 Å². The third-order valence-electron chi connectivity index (χ3n) is 6.20. The third kappa shape index (κ3) is 3.98. The number of carbonyl (C=O) groups is 1. The van der Waals surface area contributed by atoms with E-state index in [-0.39, 0.29) is 5.91 Å². The SMILES string of the molecule is O=C(NCCCC1CC1)c1ccc2c(N3CCc4ncccc4C3)cccc2c1. The van der Waals surface area contributed by atoms with Crippen molar-refractivity contribution >= 4 is 22.4 Å². The monoisotopic (exact) mass is 385 g/mol. The summed E-state index contributed by atoms with van der Waals surface area (Å²) in [6.07, 6.45) is 7.92. The molecule has 0 atom stereocenters. The average molecular weight is 386 g/mol. The Morgan fingerprint density at radius 1 is 1.14 bits per heavy atom. The van der Waals surface area contributed by atoms with Crippen LogP contribution in [-0.4, -0.2) is 24.0 Å². The molecule has 0 radical (unpaired) electrons. The lowest BCUT2D eigenvalue weighted by Gasteiger charge is -2.31. The van der Waals surface area contributed by atoms with Gasteiger partial charge in [0.15, 0.2) is 0 Å². The van der Waals surface area contributed by atoms with Gasteiger partial charge in [0.05, 0.1) is 0 Å². The van der Waals surface area contributed by atoms with Crippen LogP contribution in [0.1, 0.15) is 47.3 Å². The van der Waals surface area contributed by atoms with Crippen LogP contribution < -0.4 is 10.2 Å². The highest BCUT2D eigenvalue weighted by Crippen LogP contribution is 2.33. The fourth-order valence-corrected chi connectivity index (χ4v) is 4.36. The standard InChI is InChI=1S/C25H27N3O/c29-25(27-14-2-4-18-8-9-18)20-10-11-22-19(16-20)5-1-7-24(22)28-15-12-23-21(17-28)6-3-13-26-23/h1,3,5-7,10-11,13,16,18H,2,4,8-9,12,14-15,17H2,(H,27,29). The van der Waals surface area contributed by atoms with Crippen LogP contribution in [0.25, 0.3) is 10.8 Å². The van der Waals surface area contributed by atoms with Gasteiger partial charge in [0, 0.05) is 54.6 Å². The van der Waals surface area contributed by atoms with Gasteiger partial charge in [-0.1, -0.05) is 37.1 Å². The minimum atomic E-state index is 0.0334. The Balaban J connectivity index is 1.33. The van der Waals surface area contributed by atoms with E-state index in [0.29, 0.717) is 0 Å². The second-order valence-corrected chi connectivity index (χ2v) is 8.34. The van der Waals surface area contributed by atoms with Crippen molar-refractivity contribution in [1.29, 1.82) is 0 Å². The molecule has 5 rings (SSSR count). The molecule has 148 valence electrons. The Kier molecular flexibility index (Phi) is 4.92. The van der Waals surface area contributed by atoms with Crippen molar-refractivity contribution in [1.82, 2.24) is 10.3 Å². The van der Waals surface area contributed by atoms with Crippen LogP contribution in [0.4, 0.5) is 5.69 Å². The number of rotatable bonds is 6. The molecule has 1 aromatic heterocycles. The summed E-state index contributed by atoms with van der Waals surface area (Å²) < 4.78 is 0. The quantitative estimate of drug-likeness (QED) is 0.625. The van der Waals surface area contributed by atoms with E-state index in [1.807, 2.05) is 24.4 Å². The molecule has 3 aromatic rings. The van der Waals surface area contributed by atoms with Crippen LogP contribution in [0, 0.1) is 5.92 Å². The van der Waals surface area contributed by atoms with Gasteiger partial charge < -0.3 is 10.2 Å². The number of aromatic nitrogens is 1. The van der Waals surface area contributed by atoms with Gasteiger partial charge in [0.1, 0.15) is 0 Å². The minimum absolute atomic E-state index is 0.0334. The minimum Gasteiger partial charge on any atom is -0.366 e. The average Bonchev–Trinajstić information content (AvgIpc) is 3.60. The molecule has 0 unspecified atom stereocenters. The van der Waals surface area contributed by atoms with Gasteiger partial charge in [-0.15, -0.1) is 0 Å². The first-order valence-electron chi connectivity index (χ1n) is 10.8. The second-order valence-electron chi connectivity index (χ2n) is 8.34. The van der Waals surface area contributed by atoms with Crippen molar-refractivity contribution in [3.05, 3.63) is 71.5 Å². The van der Waals surface area contributed by atoms with Gasteiger partial charge in [-0.25, -0.2) is 0 Å². The maximum absolute atomic E-state index is 12.5. The fourth-order valence-electron chi connectivity index (χ4n) is 4.36. The van der Waals surface area contributed by atoms with E-state index in [2.05, 4.69) is 45.5 Å². The van der Waals surface area contributed by atoms with Crippen LogP contribution in [0.15, 0.2) is 54.7 Å². The molecule has 2 aliphatic rings. The molecule has 0 saturated heterocycles. The maximum Gasteiger partial charge on any atom is 0.251 e. The summed E-state index contributed by atoms with van der Waals surface area (Å²) >= 11 is 0. The molecule has 29 heavy (non-hydrogen) atoms.